The minimum absolute atomic E-state index is 0.0349. The van der Waals surface area contributed by atoms with Gasteiger partial charge in [-0.15, -0.1) is 11.3 Å². The van der Waals surface area contributed by atoms with Crippen LogP contribution in [0.4, 0.5) is 0 Å². The van der Waals surface area contributed by atoms with Gasteiger partial charge in [0.2, 0.25) is 11.8 Å². The fourth-order valence-corrected chi connectivity index (χ4v) is 4.43. The normalized spacial score (nSPS) is 23.3. The van der Waals surface area contributed by atoms with E-state index >= 15 is 0 Å². The van der Waals surface area contributed by atoms with Gasteiger partial charge in [0.25, 0.3) is 0 Å². The number of nitrogens with zero attached hydrogens (tertiary/aromatic N) is 2. The Morgan fingerprint density at radius 1 is 1.23 bits per heavy atom. The van der Waals surface area contributed by atoms with Gasteiger partial charge in [-0.2, -0.15) is 0 Å². The number of thiazole rings is 1. The van der Waals surface area contributed by atoms with Gasteiger partial charge < -0.3 is 4.74 Å². The Morgan fingerprint density at radius 2 is 1.88 bits per heavy atom. The average Bonchev–Trinajstić information content (AvgIpc) is 3.18. The molecule has 26 heavy (non-hydrogen) atoms. The summed E-state index contributed by atoms with van der Waals surface area (Å²) in [6.07, 6.45) is 4.95. The molecule has 0 spiro atoms. The highest BCUT2D eigenvalue weighted by molar-refractivity contribution is 7.18. The van der Waals surface area contributed by atoms with E-state index in [1.54, 1.807) is 6.92 Å². The highest BCUT2D eigenvalue weighted by Crippen LogP contribution is 2.36. The van der Waals surface area contributed by atoms with E-state index in [0.29, 0.717) is 17.8 Å². The summed E-state index contributed by atoms with van der Waals surface area (Å²) in [5.74, 6) is -1.81. The second-order valence-electron chi connectivity index (χ2n) is 6.56. The van der Waals surface area contributed by atoms with Crippen LogP contribution < -0.4 is 0 Å². The van der Waals surface area contributed by atoms with Gasteiger partial charge in [-0.3, -0.25) is 14.5 Å². The highest BCUT2D eigenvalue weighted by atomic mass is 32.1. The molecule has 2 amide bonds. The van der Waals surface area contributed by atoms with E-state index in [1.807, 2.05) is 36.4 Å². The second kappa shape index (κ2) is 6.64. The number of allylic oxidation sites excluding steroid dienone is 2. The Bertz CT molecular complexity index is 860. The molecule has 4 rings (SSSR count). The number of esters is 1. The highest BCUT2D eigenvalue weighted by Gasteiger charge is 2.50. The number of ether oxygens (including phenoxy) is 1. The number of fused-ring (bicyclic) bond motifs is 2. The number of benzene rings is 1. The molecule has 0 radical (unpaired) electrons. The smallest absolute Gasteiger partial charge is 0.329 e. The first kappa shape index (κ1) is 16.9. The lowest BCUT2D eigenvalue weighted by Crippen LogP contribution is -2.44. The molecule has 1 aromatic heterocycles. The van der Waals surface area contributed by atoms with Crippen molar-refractivity contribution in [2.45, 2.75) is 32.4 Å². The lowest BCUT2D eigenvalue weighted by molar-refractivity contribution is -0.159. The molecule has 1 aromatic carbocycles. The van der Waals surface area contributed by atoms with Crippen LogP contribution in [0.25, 0.3) is 10.2 Å². The van der Waals surface area contributed by atoms with E-state index in [2.05, 4.69) is 4.98 Å². The summed E-state index contributed by atoms with van der Waals surface area (Å²) in [6, 6.07) is 6.76. The Morgan fingerprint density at radius 3 is 2.54 bits per heavy atom. The summed E-state index contributed by atoms with van der Waals surface area (Å²) in [6.45, 7) is 1.58. The predicted octanol–water partition coefficient (Wildman–Crippen LogP) is 2.68. The van der Waals surface area contributed by atoms with E-state index in [0.717, 1.165) is 15.1 Å². The summed E-state index contributed by atoms with van der Waals surface area (Å²) < 4.78 is 6.35. The zero-order chi connectivity index (χ0) is 18.3. The monoisotopic (exact) mass is 370 g/mol. The summed E-state index contributed by atoms with van der Waals surface area (Å²) >= 11 is 1.46. The quantitative estimate of drug-likeness (QED) is 0.470. The van der Waals surface area contributed by atoms with Crippen molar-refractivity contribution in [3.05, 3.63) is 41.4 Å². The third-order valence-electron chi connectivity index (χ3n) is 4.95. The zero-order valence-electron chi connectivity index (χ0n) is 14.3. The van der Waals surface area contributed by atoms with Crippen molar-refractivity contribution < 1.29 is 19.1 Å². The Balaban J connectivity index is 1.43. The van der Waals surface area contributed by atoms with Crippen LogP contribution >= 0.6 is 11.3 Å². The van der Waals surface area contributed by atoms with Gasteiger partial charge in [0.15, 0.2) is 0 Å². The van der Waals surface area contributed by atoms with Crippen LogP contribution in [-0.2, 0) is 25.7 Å². The molecular weight excluding hydrogens is 352 g/mol. The summed E-state index contributed by atoms with van der Waals surface area (Å²) in [5, 5.41) is 0.684. The molecule has 1 saturated heterocycles. The first-order chi connectivity index (χ1) is 12.6. The predicted molar refractivity (Wildman–Crippen MR) is 96.1 cm³/mol. The van der Waals surface area contributed by atoms with Crippen LogP contribution in [-0.4, -0.2) is 33.7 Å². The van der Waals surface area contributed by atoms with Gasteiger partial charge in [0.1, 0.15) is 17.7 Å². The van der Waals surface area contributed by atoms with E-state index in [9.17, 15) is 14.4 Å². The Kier molecular flexibility index (Phi) is 4.32. The Hall–Kier alpha value is -2.54. The maximum atomic E-state index is 12.5. The van der Waals surface area contributed by atoms with E-state index < -0.39 is 12.0 Å². The van der Waals surface area contributed by atoms with E-state index in [1.165, 1.54) is 11.3 Å². The molecule has 2 aromatic rings. The minimum atomic E-state index is -0.921. The van der Waals surface area contributed by atoms with Crippen LogP contribution in [0.5, 0.6) is 0 Å². The molecule has 1 aliphatic heterocycles. The standard InChI is InChI=1S/C19H18N2O4S/c1-11(21-17(22)12-6-2-3-7-13(12)18(21)23)19(24)25-10-16-20-14-8-4-5-9-15(14)26-16/h2-5,8-9,11-13H,6-7,10H2,1H3/t11-,12+,13+/m0/s1. The summed E-state index contributed by atoms with van der Waals surface area (Å²) in [5.41, 5.74) is 0.859. The summed E-state index contributed by atoms with van der Waals surface area (Å²) in [4.78, 5) is 43.0. The molecule has 7 heteroatoms. The number of carbonyl (C=O) groups excluding carboxylic acids is 3. The van der Waals surface area contributed by atoms with Gasteiger partial charge in [-0.25, -0.2) is 9.78 Å². The SMILES string of the molecule is C[C@@H](C(=O)OCc1nc2ccccc2s1)N1C(=O)[C@@H]2CC=CC[C@H]2C1=O. The molecule has 0 N–H and O–H groups in total. The van der Waals surface area contributed by atoms with Gasteiger partial charge in [-0.1, -0.05) is 24.3 Å². The van der Waals surface area contributed by atoms with Crippen molar-refractivity contribution in [2.75, 3.05) is 0 Å². The fourth-order valence-electron chi connectivity index (χ4n) is 3.55. The number of imide groups is 1. The molecule has 1 fully saturated rings. The van der Waals surface area contributed by atoms with Crippen LogP contribution in [0.1, 0.15) is 24.8 Å². The summed E-state index contributed by atoms with van der Waals surface area (Å²) in [7, 11) is 0. The topological polar surface area (TPSA) is 76.6 Å². The van der Waals surface area contributed by atoms with E-state index in [4.69, 9.17) is 4.74 Å². The third-order valence-corrected chi connectivity index (χ3v) is 5.96. The molecule has 6 nitrogen and oxygen atoms in total. The van der Waals surface area contributed by atoms with Crippen molar-refractivity contribution in [1.82, 2.24) is 9.88 Å². The van der Waals surface area contributed by atoms with Crippen molar-refractivity contribution in [2.24, 2.45) is 11.8 Å². The van der Waals surface area contributed by atoms with Crippen LogP contribution in [0.2, 0.25) is 0 Å². The number of hydrogen-bond donors (Lipinski definition) is 0. The molecule has 2 heterocycles. The van der Waals surface area contributed by atoms with Gasteiger partial charge in [-0.05, 0) is 31.9 Å². The number of aromatic nitrogens is 1. The number of amides is 2. The molecule has 1 aliphatic carbocycles. The van der Waals surface area contributed by atoms with Crippen molar-refractivity contribution in [3.63, 3.8) is 0 Å². The lowest BCUT2D eigenvalue weighted by Gasteiger charge is -2.21. The van der Waals surface area contributed by atoms with Crippen LogP contribution in [0.3, 0.4) is 0 Å². The average molecular weight is 370 g/mol. The number of likely N-dealkylation sites (tertiary alicyclic amines) is 1. The minimum Gasteiger partial charge on any atom is -0.457 e. The molecule has 3 atom stereocenters. The molecule has 0 unspecified atom stereocenters. The molecular formula is C19H18N2O4S. The number of rotatable bonds is 4. The number of para-hydroxylation sites is 1. The Labute approximate surface area is 154 Å². The molecule has 0 bridgehead atoms. The zero-order valence-corrected chi connectivity index (χ0v) is 15.1. The van der Waals surface area contributed by atoms with Crippen molar-refractivity contribution in [3.8, 4) is 0 Å². The third kappa shape index (κ3) is 2.82. The molecule has 2 aliphatic rings. The number of carbonyl (C=O) groups is 3. The molecule has 134 valence electrons. The first-order valence-corrected chi connectivity index (χ1v) is 9.41. The first-order valence-electron chi connectivity index (χ1n) is 8.59. The number of hydrogen-bond acceptors (Lipinski definition) is 6. The van der Waals surface area contributed by atoms with E-state index in [-0.39, 0.29) is 30.3 Å². The van der Waals surface area contributed by atoms with Crippen LogP contribution in [0.15, 0.2) is 36.4 Å². The second-order valence-corrected chi connectivity index (χ2v) is 7.68. The van der Waals surface area contributed by atoms with Gasteiger partial charge in [0.05, 0.1) is 22.1 Å². The molecule has 0 saturated carbocycles. The maximum absolute atomic E-state index is 12.5. The maximum Gasteiger partial charge on any atom is 0.329 e. The van der Waals surface area contributed by atoms with Crippen LogP contribution in [0, 0.1) is 11.8 Å². The van der Waals surface area contributed by atoms with Gasteiger partial charge >= 0.3 is 5.97 Å². The fraction of sp³-hybridized carbons (Fsp3) is 0.368. The van der Waals surface area contributed by atoms with Gasteiger partial charge in [0, 0.05) is 0 Å². The van der Waals surface area contributed by atoms with Crippen molar-refractivity contribution >= 4 is 39.3 Å². The lowest BCUT2D eigenvalue weighted by atomic mass is 9.85. The van der Waals surface area contributed by atoms with Crippen molar-refractivity contribution in [1.29, 1.82) is 0 Å². The largest absolute Gasteiger partial charge is 0.457 e.